The van der Waals surface area contributed by atoms with Crippen LogP contribution in [0.25, 0.3) is 9.40 Å². The van der Waals surface area contributed by atoms with Gasteiger partial charge in [-0.2, -0.15) is 0 Å². The van der Waals surface area contributed by atoms with Gasteiger partial charge in [-0.3, -0.25) is 4.79 Å². The molecule has 7 heteroatoms. The molecule has 1 atom stereocenters. The van der Waals surface area contributed by atoms with E-state index in [9.17, 15) is 4.79 Å². The molecule has 130 valence electrons. The molecule has 3 aromatic heterocycles. The summed E-state index contributed by atoms with van der Waals surface area (Å²) in [5.41, 5.74) is 1.83. The van der Waals surface area contributed by atoms with Crippen molar-refractivity contribution in [2.24, 2.45) is 0 Å². The number of carbonyl (C=O) groups is 1. The molecule has 1 saturated heterocycles. The standard InChI is InChI=1S/C18H20N4OS2/c1-11-7-14-12(10-24-18(14)25-11)4-6-20-17(23)13-8-21-16(22-9-13)15-3-2-5-19-15/h7-10,15,19H,2-6H2,1H3,(H,20,23). The van der Waals surface area contributed by atoms with Crippen LogP contribution in [0.1, 0.15) is 45.5 Å². The second-order valence-electron chi connectivity index (χ2n) is 6.30. The molecule has 4 heterocycles. The molecular formula is C18H20N4OS2. The van der Waals surface area contributed by atoms with E-state index in [0.717, 1.165) is 31.6 Å². The lowest BCUT2D eigenvalue weighted by atomic mass is 10.1. The normalized spacial score (nSPS) is 17.2. The van der Waals surface area contributed by atoms with E-state index in [1.165, 1.54) is 19.8 Å². The molecule has 1 fully saturated rings. The van der Waals surface area contributed by atoms with E-state index in [1.54, 1.807) is 23.7 Å². The Labute approximate surface area is 154 Å². The Morgan fingerprint density at radius 2 is 2.24 bits per heavy atom. The van der Waals surface area contributed by atoms with E-state index in [0.29, 0.717) is 12.1 Å². The molecule has 25 heavy (non-hydrogen) atoms. The molecule has 0 radical (unpaired) electrons. The number of fused-ring (bicyclic) bond motifs is 1. The second-order valence-corrected chi connectivity index (χ2v) is 8.70. The average molecular weight is 373 g/mol. The second kappa shape index (κ2) is 7.19. The minimum Gasteiger partial charge on any atom is -0.352 e. The monoisotopic (exact) mass is 372 g/mol. The van der Waals surface area contributed by atoms with Crippen LogP contribution in [0.2, 0.25) is 0 Å². The molecule has 3 aromatic rings. The molecule has 0 aliphatic carbocycles. The highest BCUT2D eigenvalue weighted by Gasteiger charge is 2.19. The van der Waals surface area contributed by atoms with Gasteiger partial charge in [-0.25, -0.2) is 9.97 Å². The van der Waals surface area contributed by atoms with Crippen molar-refractivity contribution >= 4 is 38.0 Å². The number of nitrogens with one attached hydrogen (secondary N) is 2. The van der Waals surface area contributed by atoms with E-state index < -0.39 is 0 Å². The summed E-state index contributed by atoms with van der Waals surface area (Å²) in [6, 6.07) is 2.46. The summed E-state index contributed by atoms with van der Waals surface area (Å²) >= 11 is 3.61. The average Bonchev–Trinajstić information content (AvgIpc) is 3.33. The highest BCUT2D eigenvalue weighted by molar-refractivity contribution is 7.37. The number of hydrogen-bond acceptors (Lipinski definition) is 6. The van der Waals surface area contributed by atoms with Crippen molar-refractivity contribution in [1.82, 2.24) is 20.6 Å². The van der Waals surface area contributed by atoms with Crippen molar-refractivity contribution < 1.29 is 4.79 Å². The molecule has 0 aromatic carbocycles. The van der Waals surface area contributed by atoms with Gasteiger partial charge in [0.2, 0.25) is 0 Å². The Hall–Kier alpha value is -1.83. The van der Waals surface area contributed by atoms with Gasteiger partial charge < -0.3 is 10.6 Å². The molecule has 1 aliphatic rings. The molecule has 1 amide bonds. The van der Waals surface area contributed by atoms with Gasteiger partial charge in [0.15, 0.2) is 0 Å². The van der Waals surface area contributed by atoms with E-state index in [4.69, 9.17) is 0 Å². The predicted molar refractivity (Wildman–Crippen MR) is 102 cm³/mol. The maximum Gasteiger partial charge on any atom is 0.254 e. The van der Waals surface area contributed by atoms with Crippen LogP contribution in [0.15, 0.2) is 23.8 Å². The zero-order valence-corrected chi connectivity index (χ0v) is 15.7. The summed E-state index contributed by atoms with van der Waals surface area (Å²) < 4.78 is 1.36. The van der Waals surface area contributed by atoms with Crippen LogP contribution < -0.4 is 10.6 Å². The Kier molecular flexibility index (Phi) is 4.78. The van der Waals surface area contributed by atoms with Gasteiger partial charge in [0.05, 0.1) is 15.6 Å². The molecule has 0 spiro atoms. The fourth-order valence-corrected chi connectivity index (χ4v) is 5.45. The van der Waals surface area contributed by atoms with Gasteiger partial charge >= 0.3 is 0 Å². The summed E-state index contributed by atoms with van der Waals surface area (Å²) in [7, 11) is 0. The zero-order chi connectivity index (χ0) is 17.2. The number of rotatable bonds is 5. The predicted octanol–water partition coefficient (Wildman–Crippen LogP) is 3.46. The van der Waals surface area contributed by atoms with Crippen LogP contribution in [0.5, 0.6) is 0 Å². The van der Waals surface area contributed by atoms with Gasteiger partial charge in [0.1, 0.15) is 5.82 Å². The van der Waals surface area contributed by atoms with Crippen LogP contribution in [-0.2, 0) is 6.42 Å². The number of carbonyl (C=O) groups excluding carboxylic acids is 1. The van der Waals surface area contributed by atoms with E-state index >= 15 is 0 Å². The summed E-state index contributed by atoms with van der Waals surface area (Å²) in [4.78, 5) is 22.3. The summed E-state index contributed by atoms with van der Waals surface area (Å²) in [6.45, 7) is 3.76. The Bertz CT molecular complexity index is 878. The fraction of sp³-hybridized carbons (Fsp3) is 0.389. The van der Waals surface area contributed by atoms with Crippen LogP contribution in [0.3, 0.4) is 0 Å². The fourth-order valence-electron chi connectivity index (χ4n) is 3.14. The Morgan fingerprint density at radius 3 is 3.00 bits per heavy atom. The largest absolute Gasteiger partial charge is 0.352 e. The third-order valence-corrected chi connectivity index (χ3v) is 6.68. The first-order valence-corrected chi connectivity index (χ1v) is 10.2. The maximum atomic E-state index is 12.3. The van der Waals surface area contributed by atoms with Crippen molar-refractivity contribution in [1.29, 1.82) is 0 Å². The third-order valence-electron chi connectivity index (χ3n) is 4.46. The maximum absolute atomic E-state index is 12.3. The Balaban J connectivity index is 1.34. The van der Waals surface area contributed by atoms with Crippen LogP contribution in [-0.4, -0.2) is 29.0 Å². The number of thiophene rings is 2. The van der Waals surface area contributed by atoms with Crippen molar-refractivity contribution in [3.63, 3.8) is 0 Å². The SMILES string of the molecule is Cc1cc2c(CCNC(=O)c3cnc(C4CCCN4)nc3)csc2s1. The van der Waals surface area contributed by atoms with E-state index in [-0.39, 0.29) is 11.9 Å². The molecule has 0 saturated carbocycles. The number of hydrogen-bond donors (Lipinski definition) is 2. The molecule has 1 aliphatic heterocycles. The molecule has 4 rings (SSSR count). The van der Waals surface area contributed by atoms with Gasteiger partial charge in [-0.05, 0) is 49.7 Å². The first kappa shape index (κ1) is 16.6. The number of nitrogens with zero attached hydrogens (tertiary/aromatic N) is 2. The molecule has 1 unspecified atom stereocenters. The van der Waals surface area contributed by atoms with Crippen LogP contribution >= 0.6 is 22.7 Å². The lowest BCUT2D eigenvalue weighted by Crippen LogP contribution is -2.26. The van der Waals surface area contributed by atoms with Crippen molar-refractivity contribution in [2.75, 3.05) is 13.1 Å². The van der Waals surface area contributed by atoms with Gasteiger partial charge in [-0.1, -0.05) is 0 Å². The van der Waals surface area contributed by atoms with E-state index in [1.807, 2.05) is 11.3 Å². The molecule has 0 bridgehead atoms. The van der Waals surface area contributed by atoms with Gasteiger partial charge in [0, 0.05) is 29.2 Å². The summed E-state index contributed by atoms with van der Waals surface area (Å²) in [5.74, 6) is 0.668. The molecule has 5 nitrogen and oxygen atoms in total. The van der Waals surface area contributed by atoms with Crippen molar-refractivity contribution in [3.05, 3.63) is 45.7 Å². The smallest absolute Gasteiger partial charge is 0.254 e. The minimum absolute atomic E-state index is 0.112. The minimum atomic E-state index is -0.112. The van der Waals surface area contributed by atoms with Gasteiger partial charge in [0.25, 0.3) is 5.91 Å². The van der Waals surface area contributed by atoms with Crippen LogP contribution in [0, 0.1) is 6.92 Å². The van der Waals surface area contributed by atoms with Crippen molar-refractivity contribution in [3.8, 4) is 0 Å². The highest BCUT2D eigenvalue weighted by atomic mass is 32.2. The number of aryl methyl sites for hydroxylation is 1. The van der Waals surface area contributed by atoms with Gasteiger partial charge in [-0.15, -0.1) is 22.7 Å². The van der Waals surface area contributed by atoms with Crippen LogP contribution in [0.4, 0.5) is 0 Å². The first-order chi connectivity index (χ1) is 12.2. The number of aromatic nitrogens is 2. The lowest BCUT2D eigenvalue weighted by molar-refractivity contribution is 0.0953. The lowest BCUT2D eigenvalue weighted by Gasteiger charge is -2.09. The highest BCUT2D eigenvalue weighted by Crippen LogP contribution is 2.33. The van der Waals surface area contributed by atoms with E-state index in [2.05, 4.69) is 39.0 Å². The summed E-state index contributed by atoms with van der Waals surface area (Å²) in [5, 5.41) is 9.86. The third kappa shape index (κ3) is 3.58. The van der Waals surface area contributed by atoms with Crippen molar-refractivity contribution in [2.45, 2.75) is 32.2 Å². The zero-order valence-electron chi connectivity index (χ0n) is 14.0. The first-order valence-electron chi connectivity index (χ1n) is 8.51. The quantitative estimate of drug-likeness (QED) is 0.720. The molecule has 2 N–H and O–H groups in total. The topological polar surface area (TPSA) is 66.9 Å². The summed E-state index contributed by atoms with van der Waals surface area (Å²) in [6.07, 6.45) is 6.30. The molecular weight excluding hydrogens is 352 g/mol. The number of amides is 1. The Morgan fingerprint density at radius 1 is 1.40 bits per heavy atom.